The Morgan fingerprint density at radius 3 is 3.08 bits per heavy atom. The second kappa shape index (κ2) is 5.88. The van der Waals surface area contributed by atoms with Gasteiger partial charge in [-0.15, -0.1) is 0 Å². The van der Waals surface area contributed by atoms with E-state index in [9.17, 15) is 4.79 Å². The molecule has 2 aliphatic rings. The third-order valence-electron chi connectivity index (χ3n) is 4.42. The molecule has 1 saturated heterocycles. The van der Waals surface area contributed by atoms with Gasteiger partial charge in [-0.25, -0.2) is 0 Å². The number of carbonyl (C=O) groups excluding carboxylic acids is 1. The van der Waals surface area contributed by atoms with E-state index in [2.05, 4.69) is 25.7 Å². The maximum absolute atomic E-state index is 11.8. The van der Waals surface area contributed by atoms with Gasteiger partial charge in [-0.2, -0.15) is 4.98 Å². The molecular weight excluding hydrogens is 310 g/mol. The Balaban J connectivity index is 1.68. The topological polar surface area (TPSA) is 92.5 Å². The molecule has 24 heavy (non-hydrogen) atoms. The van der Waals surface area contributed by atoms with Crippen molar-refractivity contribution in [3.05, 3.63) is 24.0 Å². The lowest BCUT2D eigenvalue weighted by molar-refractivity contribution is -0.122. The highest BCUT2D eigenvalue weighted by Gasteiger charge is 2.29. The minimum Gasteiger partial charge on any atom is -0.478 e. The number of fused-ring (bicyclic) bond motifs is 1. The number of likely N-dealkylation sites (N-methyl/N-ethyl adjacent to an activating group) is 1. The molecule has 0 bridgehead atoms. The summed E-state index contributed by atoms with van der Waals surface area (Å²) in [4.78, 5) is 18.5. The number of nitrogens with one attached hydrogen (secondary N) is 2. The summed E-state index contributed by atoms with van der Waals surface area (Å²) in [6.07, 6.45) is -0.560. The van der Waals surface area contributed by atoms with Crippen molar-refractivity contribution < 1.29 is 14.1 Å². The van der Waals surface area contributed by atoms with Crippen molar-refractivity contribution in [2.75, 3.05) is 32.0 Å². The van der Waals surface area contributed by atoms with Gasteiger partial charge in [0.25, 0.3) is 11.8 Å². The third kappa shape index (κ3) is 2.53. The number of ether oxygens (including phenoxy) is 1. The van der Waals surface area contributed by atoms with Crippen molar-refractivity contribution in [3.63, 3.8) is 0 Å². The number of aromatic nitrogens is 2. The molecule has 2 unspecified atom stereocenters. The van der Waals surface area contributed by atoms with Crippen LogP contribution in [-0.2, 0) is 4.79 Å². The Hall–Kier alpha value is -2.45. The first-order valence-corrected chi connectivity index (χ1v) is 7.99. The first-order valence-electron chi connectivity index (χ1n) is 7.99. The van der Waals surface area contributed by atoms with Gasteiger partial charge < -0.3 is 19.9 Å². The number of hydrogen-bond donors (Lipinski definition) is 2. The summed E-state index contributed by atoms with van der Waals surface area (Å²) in [5.41, 5.74) is 1.30. The van der Waals surface area contributed by atoms with Gasteiger partial charge in [0.2, 0.25) is 0 Å². The van der Waals surface area contributed by atoms with Crippen LogP contribution in [0.5, 0.6) is 5.75 Å². The molecule has 1 fully saturated rings. The van der Waals surface area contributed by atoms with Crippen LogP contribution in [-0.4, -0.2) is 53.7 Å². The smallest absolute Gasteiger partial charge is 0.265 e. The van der Waals surface area contributed by atoms with Gasteiger partial charge in [0.15, 0.2) is 17.7 Å². The third-order valence-corrected chi connectivity index (χ3v) is 4.42. The van der Waals surface area contributed by atoms with E-state index >= 15 is 0 Å². The molecule has 0 radical (unpaired) electrons. The number of benzene rings is 1. The fourth-order valence-corrected chi connectivity index (χ4v) is 2.97. The fourth-order valence-electron chi connectivity index (χ4n) is 2.97. The lowest BCUT2D eigenvalue weighted by Crippen LogP contribution is -2.44. The molecule has 0 saturated carbocycles. The predicted molar refractivity (Wildman–Crippen MR) is 86.7 cm³/mol. The fraction of sp³-hybridized carbons (Fsp3) is 0.438. The Bertz CT molecular complexity index is 775. The minimum atomic E-state index is -0.560. The molecular formula is C16H19N5O3. The molecule has 2 atom stereocenters. The molecule has 2 aliphatic heterocycles. The summed E-state index contributed by atoms with van der Waals surface area (Å²) in [6, 6.07) is 5.55. The van der Waals surface area contributed by atoms with Gasteiger partial charge in [-0.05, 0) is 26.1 Å². The van der Waals surface area contributed by atoms with Gasteiger partial charge in [0, 0.05) is 19.6 Å². The zero-order valence-corrected chi connectivity index (χ0v) is 13.6. The molecule has 0 spiro atoms. The van der Waals surface area contributed by atoms with Crippen molar-refractivity contribution in [1.82, 2.24) is 20.4 Å². The van der Waals surface area contributed by atoms with Gasteiger partial charge >= 0.3 is 0 Å². The zero-order valence-electron chi connectivity index (χ0n) is 13.6. The van der Waals surface area contributed by atoms with E-state index in [1.54, 1.807) is 13.0 Å². The normalized spacial score (nSPS) is 24.2. The van der Waals surface area contributed by atoms with Gasteiger partial charge in [-0.3, -0.25) is 9.69 Å². The van der Waals surface area contributed by atoms with Crippen LogP contribution in [0.4, 0.5) is 5.69 Å². The summed E-state index contributed by atoms with van der Waals surface area (Å²) in [6.45, 7) is 4.38. The van der Waals surface area contributed by atoms with Crippen molar-refractivity contribution in [2.24, 2.45) is 0 Å². The van der Waals surface area contributed by atoms with Crippen LogP contribution in [0.2, 0.25) is 0 Å². The molecule has 8 nitrogen and oxygen atoms in total. The lowest BCUT2D eigenvalue weighted by Gasteiger charge is -2.30. The van der Waals surface area contributed by atoms with Crippen LogP contribution in [0.25, 0.3) is 11.5 Å². The summed E-state index contributed by atoms with van der Waals surface area (Å²) >= 11 is 0. The summed E-state index contributed by atoms with van der Waals surface area (Å²) in [5.74, 6) is 1.44. The highest BCUT2D eigenvalue weighted by Crippen LogP contribution is 2.39. The van der Waals surface area contributed by atoms with Gasteiger partial charge in [0.1, 0.15) is 0 Å². The molecule has 1 aromatic heterocycles. The van der Waals surface area contributed by atoms with Crippen LogP contribution >= 0.6 is 0 Å². The summed E-state index contributed by atoms with van der Waals surface area (Å²) in [7, 11) is 2.05. The van der Waals surface area contributed by atoms with Crippen molar-refractivity contribution in [3.8, 4) is 17.2 Å². The van der Waals surface area contributed by atoms with E-state index in [0.29, 0.717) is 28.7 Å². The number of amides is 1. The Labute approximate surface area is 139 Å². The number of rotatable bonds is 2. The van der Waals surface area contributed by atoms with E-state index in [-0.39, 0.29) is 11.9 Å². The van der Waals surface area contributed by atoms with E-state index in [4.69, 9.17) is 9.26 Å². The van der Waals surface area contributed by atoms with E-state index < -0.39 is 6.10 Å². The molecule has 4 rings (SSSR count). The van der Waals surface area contributed by atoms with Gasteiger partial charge in [0.05, 0.1) is 17.3 Å². The van der Waals surface area contributed by atoms with E-state index in [1.807, 2.05) is 19.2 Å². The molecule has 2 N–H and O–H groups in total. The highest BCUT2D eigenvalue weighted by atomic mass is 16.5. The second-order valence-corrected chi connectivity index (χ2v) is 6.09. The average molecular weight is 329 g/mol. The lowest BCUT2D eigenvalue weighted by atomic mass is 10.1. The molecule has 3 heterocycles. The Morgan fingerprint density at radius 1 is 1.38 bits per heavy atom. The highest BCUT2D eigenvalue weighted by molar-refractivity contribution is 5.99. The summed E-state index contributed by atoms with van der Waals surface area (Å²) < 4.78 is 11.2. The number of hydrogen-bond acceptors (Lipinski definition) is 7. The van der Waals surface area contributed by atoms with Crippen LogP contribution < -0.4 is 15.4 Å². The van der Waals surface area contributed by atoms with Crippen molar-refractivity contribution in [2.45, 2.75) is 19.1 Å². The first kappa shape index (κ1) is 15.1. The largest absolute Gasteiger partial charge is 0.478 e. The molecule has 1 aromatic carbocycles. The number of piperazine rings is 1. The minimum absolute atomic E-state index is 0.0790. The Kier molecular flexibility index (Phi) is 3.70. The molecule has 8 heteroatoms. The number of nitrogens with zero attached hydrogens (tertiary/aromatic N) is 3. The first-order chi connectivity index (χ1) is 11.6. The number of anilines is 1. The second-order valence-electron chi connectivity index (χ2n) is 6.09. The average Bonchev–Trinajstić information content (AvgIpc) is 3.05. The van der Waals surface area contributed by atoms with Crippen LogP contribution in [0.3, 0.4) is 0 Å². The molecule has 2 aromatic rings. The number of para-hydroxylation sites is 1. The predicted octanol–water partition coefficient (Wildman–Crippen LogP) is 1.03. The van der Waals surface area contributed by atoms with Gasteiger partial charge in [-0.1, -0.05) is 11.2 Å². The standard InChI is InChI=1S/C16H19N5O3/c1-9-15(22)18-11-5-3-4-10(13(11)23-9)16-19-14(20-24-16)12-8-17-6-7-21(12)2/h3-5,9,12,17H,6-8H2,1-2H3,(H,18,22). The van der Waals surface area contributed by atoms with E-state index in [1.165, 1.54) is 0 Å². The maximum Gasteiger partial charge on any atom is 0.265 e. The zero-order chi connectivity index (χ0) is 16.7. The SMILES string of the molecule is CC1Oc2c(cccc2-c2nc(C3CNCCN3C)no2)NC1=O. The monoisotopic (exact) mass is 329 g/mol. The van der Waals surface area contributed by atoms with E-state index in [0.717, 1.165) is 19.6 Å². The quantitative estimate of drug-likeness (QED) is 0.850. The van der Waals surface area contributed by atoms with Crippen molar-refractivity contribution in [1.29, 1.82) is 0 Å². The maximum atomic E-state index is 11.8. The Morgan fingerprint density at radius 2 is 2.25 bits per heavy atom. The molecule has 0 aliphatic carbocycles. The van der Waals surface area contributed by atoms with Crippen LogP contribution in [0.1, 0.15) is 18.8 Å². The van der Waals surface area contributed by atoms with Crippen molar-refractivity contribution >= 4 is 11.6 Å². The molecule has 126 valence electrons. The summed E-state index contributed by atoms with van der Waals surface area (Å²) in [5, 5.41) is 10.3. The van der Waals surface area contributed by atoms with Crippen LogP contribution in [0.15, 0.2) is 22.7 Å². The molecule has 1 amide bonds. The number of carbonyl (C=O) groups is 1. The van der Waals surface area contributed by atoms with Crippen LogP contribution in [0, 0.1) is 0 Å².